The molecule has 2 N–H and O–H groups in total. The van der Waals surface area contributed by atoms with Crippen LogP contribution >= 0.6 is 0 Å². The van der Waals surface area contributed by atoms with Crippen LogP contribution in [-0.2, 0) is 0 Å². The highest BCUT2D eigenvalue weighted by Crippen LogP contribution is 2.21. The standard InChI is InChI=1S/C19H26N4O2/c24-15-13-23(14-16-25)19-8-4-7-18(20-19)22-11-9-21(10-12-22)17-5-2-1-3-6-17/h1-8,24-25H,9-16H2. The molecule has 1 fully saturated rings. The van der Waals surface area contributed by atoms with E-state index >= 15 is 0 Å². The van der Waals surface area contributed by atoms with E-state index in [0.29, 0.717) is 13.1 Å². The molecule has 0 atom stereocenters. The van der Waals surface area contributed by atoms with Crippen LogP contribution < -0.4 is 14.7 Å². The summed E-state index contributed by atoms with van der Waals surface area (Å²) in [5.41, 5.74) is 1.26. The maximum atomic E-state index is 9.21. The summed E-state index contributed by atoms with van der Waals surface area (Å²) in [6.45, 7) is 4.80. The van der Waals surface area contributed by atoms with Crippen molar-refractivity contribution < 1.29 is 10.2 Å². The molecule has 6 nitrogen and oxygen atoms in total. The molecule has 0 amide bonds. The lowest BCUT2D eigenvalue weighted by Crippen LogP contribution is -2.47. The molecule has 1 aliphatic heterocycles. The van der Waals surface area contributed by atoms with Gasteiger partial charge in [0.05, 0.1) is 13.2 Å². The molecule has 0 aliphatic carbocycles. The normalized spacial score (nSPS) is 14.6. The molecule has 2 heterocycles. The number of aliphatic hydroxyl groups is 2. The predicted octanol–water partition coefficient (Wildman–Crippen LogP) is 1.20. The summed E-state index contributed by atoms with van der Waals surface area (Å²) >= 11 is 0. The zero-order chi connectivity index (χ0) is 17.5. The highest BCUT2D eigenvalue weighted by atomic mass is 16.3. The third-order valence-corrected chi connectivity index (χ3v) is 4.51. The minimum atomic E-state index is 0.0433. The number of aliphatic hydroxyl groups excluding tert-OH is 2. The minimum Gasteiger partial charge on any atom is -0.395 e. The molecule has 1 aromatic heterocycles. The molecule has 0 bridgehead atoms. The van der Waals surface area contributed by atoms with Crippen LogP contribution in [0.25, 0.3) is 0 Å². The van der Waals surface area contributed by atoms with E-state index in [-0.39, 0.29) is 13.2 Å². The first-order chi connectivity index (χ1) is 12.3. The van der Waals surface area contributed by atoms with Gasteiger partial charge in [0.2, 0.25) is 0 Å². The Hall–Kier alpha value is -2.31. The van der Waals surface area contributed by atoms with Crippen LogP contribution in [0, 0.1) is 0 Å². The van der Waals surface area contributed by atoms with Crippen molar-refractivity contribution in [2.75, 3.05) is 67.2 Å². The molecule has 1 saturated heterocycles. The second-order valence-corrected chi connectivity index (χ2v) is 6.10. The molecule has 6 heteroatoms. The van der Waals surface area contributed by atoms with Gasteiger partial charge in [0.1, 0.15) is 11.6 Å². The second-order valence-electron chi connectivity index (χ2n) is 6.10. The molecule has 2 aromatic rings. The lowest BCUT2D eigenvalue weighted by molar-refractivity contribution is 0.280. The lowest BCUT2D eigenvalue weighted by Gasteiger charge is -2.37. The number of hydrogen-bond acceptors (Lipinski definition) is 6. The number of hydrogen-bond donors (Lipinski definition) is 2. The average molecular weight is 342 g/mol. The summed E-state index contributed by atoms with van der Waals surface area (Å²) in [7, 11) is 0. The summed E-state index contributed by atoms with van der Waals surface area (Å²) in [6.07, 6.45) is 0. The van der Waals surface area contributed by atoms with Crippen molar-refractivity contribution in [3.63, 3.8) is 0 Å². The van der Waals surface area contributed by atoms with E-state index in [2.05, 4.69) is 34.1 Å². The molecule has 0 unspecified atom stereocenters. The Labute approximate surface area is 148 Å². The van der Waals surface area contributed by atoms with Crippen molar-refractivity contribution in [2.45, 2.75) is 0 Å². The van der Waals surface area contributed by atoms with E-state index in [0.717, 1.165) is 37.8 Å². The van der Waals surface area contributed by atoms with Crippen LogP contribution in [0.4, 0.5) is 17.3 Å². The molecule has 3 rings (SSSR count). The van der Waals surface area contributed by atoms with E-state index in [4.69, 9.17) is 4.98 Å². The van der Waals surface area contributed by atoms with E-state index in [1.165, 1.54) is 5.69 Å². The first-order valence-corrected chi connectivity index (χ1v) is 8.80. The summed E-state index contributed by atoms with van der Waals surface area (Å²) in [4.78, 5) is 11.3. The number of pyridine rings is 1. The summed E-state index contributed by atoms with van der Waals surface area (Å²) in [6, 6.07) is 16.4. The van der Waals surface area contributed by atoms with E-state index < -0.39 is 0 Å². The molecule has 1 aromatic carbocycles. The van der Waals surface area contributed by atoms with Gasteiger partial charge in [0.25, 0.3) is 0 Å². The zero-order valence-electron chi connectivity index (χ0n) is 14.5. The van der Waals surface area contributed by atoms with Crippen molar-refractivity contribution in [1.82, 2.24) is 4.98 Å². The molecular formula is C19H26N4O2. The van der Waals surface area contributed by atoms with Crippen molar-refractivity contribution in [3.8, 4) is 0 Å². The van der Waals surface area contributed by atoms with Crippen LogP contribution in [0.2, 0.25) is 0 Å². The number of rotatable bonds is 7. The highest BCUT2D eigenvalue weighted by molar-refractivity contribution is 5.52. The molecule has 25 heavy (non-hydrogen) atoms. The van der Waals surface area contributed by atoms with Crippen molar-refractivity contribution in [2.24, 2.45) is 0 Å². The van der Waals surface area contributed by atoms with Gasteiger partial charge in [-0.15, -0.1) is 0 Å². The number of anilines is 3. The summed E-state index contributed by atoms with van der Waals surface area (Å²) in [5, 5.41) is 18.4. The Balaban J connectivity index is 1.66. The summed E-state index contributed by atoms with van der Waals surface area (Å²) < 4.78 is 0. The second kappa shape index (κ2) is 8.69. The average Bonchev–Trinajstić information content (AvgIpc) is 2.69. The van der Waals surface area contributed by atoms with Gasteiger partial charge in [-0.2, -0.15) is 0 Å². The third kappa shape index (κ3) is 4.41. The van der Waals surface area contributed by atoms with Crippen LogP contribution in [0.3, 0.4) is 0 Å². The highest BCUT2D eigenvalue weighted by Gasteiger charge is 2.19. The molecular weight excluding hydrogens is 316 g/mol. The molecule has 134 valence electrons. The number of piperazine rings is 1. The molecule has 1 aliphatic rings. The van der Waals surface area contributed by atoms with Crippen LogP contribution in [-0.4, -0.2) is 67.7 Å². The largest absolute Gasteiger partial charge is 0.395 e. The first-order valence-electron chi connectivity index (χ1n) is 8.80. The fourth-order valence-corrected chi connectivity index (χ4v) is 3.18. The van der Waals surface area contributed by atoms with Gasteiger partial charge in [0.15, 0.2) is 0 Å². The Morgan fingerprint density at radius 3 is 2.08 bits per heavy atom. The molecule has 0 saturated carbocycles. The van der Waals surface area contributed by atoms with Crippen LogP contribution in [0.5, 0.6) is 0 Å². The Morgan fingerprint density at radius 1 is 0.800 bits per heavy atom. The van der Waals surface area contributed by atoms with Gasteiger partial charge in [-0.3, -0.25) is 0 Å². The summed E-state index contributed by atoms with van der Waals surface area (Å²) in [5.74, 6) is 1.75. The monoisotopic (exact) mass is 342 g/mol. The zero-order valence-corrected chi connectivity index (χ0v) is 14.5. The Bertz CT molecular complexity index is 639. The van der Waals surface area contributed by atoms with Gasteiger partial charge >= 0.3 is 0 Å². The van der Waals surface area contributed by atoms with Gasteiger partial charge in [-0.25, -0.2) is 4.98 Å². The quantitative estimate of drug-likeness (QED) is 0.788. The number of nitrogens with zero attached hydrogens (tertiary/aromatic N) is 4. The fraction of sp³-hybridized carbons (Fsp3) is 0.421. The van der Waals surface area contributed by atoms with Gasteiger partial charge in [0, 0.05) is 45.0 Å². The first kappa shape index (κ1) is 17.5. The van der Waals surface area contributed by atoms with Crippen LogP contribution in [0.1, 0.15) is 0 Å². The molecule has 0 radical (unpaired) electrons. The maximum absolute atomic E-state index is 9.21. The van der Waals surface area contributed by atoms with E-state index in [9.17, 15) is 10.2 Å². The van der Waals surface area contributed by atoms with Crippen molar-refractivity contribution >= 4 is 17.3 Å². The smallest absolute Gasteiger partial charge is 0.131 e. The lowest BCUT2D eigenvalue weighted by atomic mass is 10.2. The van der Waals surface area contributed by atoms with Crippen LogP contribution in [0.15, 0.2) is 48.5 Å². The van der Waals surface area contributed by atoms with Crippen molar-refractivity contribution in [1.29, 1.82) is 0 Å². The Morgan fingerprint density at radius 2 is 1.44 bits per heavy atom. The van der Waals surface area contributed by atoms with Gasteiger partial charge < -0.3 is 24.9 Å². The van der Waals surface area contributed by atoms with E-state index in [1.807, 2.05) is 29.2 Å². The van der Waals surface area contributed by atoms with Crippen molar-refractivity contribution in [3.05, 3.63) is 48.5 Å². The maximum Gasteiger partial charge on any atom is 0.131 e. The SMILES string of the molecule is OCCN(CCO)c1cccc(N2CCN(c3ccccc3)CC2)n1. The van der Waals surface area contributed by atoms with E-state index in [1.54, 1.807) is 0 Å². The number of benzene rings is 1. The predicted molar refractivity (Wildman–Crippen MR) is 101 cm³/mol. The Kier molecular flexibility index (Phi) is 6.09. The number of aromatic nitrogens is 1. The fourth-order valence-electron chi connectivity index (χ4n) is 3.18. The van der Waals surface area contributed by atoms with Gasteiger partial charge in [-0.05, 0) is 24.3 Å². The third-order valence-electron chi connectivity index (χ3n) is 4.51. The van der Waals surface area contributed by atoms with Gasteiger partial charge in [-0.1, -0.05) is 24.3 Å². The number of para-hydroxylation sites is 1. The minimum absolute atomic E-state index is 0.0433. The molecule has 0 spiro atoms. The topological polar surface area (TPSA) is 63.1 Å².